The number of rotatable bonds is 9. The number of benzene rings is 1. The van der Waals surface area contributed by atoms with E-state index in [1.54, 1.807) is 12.5 Å². The molecule has 204 valence electrons. The fraction of sp³-hybridized carbons (Fsp3) is 0.433. The Hall–Kier alpha value is -2.78. The minimum atomic E-state index is 0.372. The summed E-state index contributed by atoms with van der Waals surface area (Å²) in [4.78, 5) is 21.1. The van der Waals surface area contributed by atoms with Crippen LogP contribution < -0.4 is 10.1 Å². The summed E-state index contributed by atoms with van der Waals surface area (Å²) in [7, 11) is 4.40. The molecule has 2 atom stereocenters. The number of aryl methyl sites for hydroxylation is 1. The van der Waals surface area contributed by atoms with Crippen molar-refractivity contribution in [2.45, 2.75) is 44.8 Å². The predicted molar refractivity (Wildman–Crippen MR) is 159 cm³/mol. The summed E-state index contributed by atoms with van der Waals surface area (Å²) in [6.45, 7) is 4.02. The van der Waals surface area contributed by atoms with Crippen LogP contribution in [0.5, 0.6) is 5.75 Å². The van der Waals surface area contributed by atoms with E-state index < -0.39 is 0 Å². The maximum atomic E-state index is 6.57. The molecule has 1 aromatic carbocycles. The normalized spacial score (nSPS) is 19.5. The van der Waals surface area contributed by atoms with Gasteiger partial charge in [0.15, 0.2) is 0 Å². The highest BCUT2D eigenvalue weighted by atomic mass is 35.5. The highest BCUT2D eigenvalue weighted by molar-refractivity contribution is 7.19. The number of nitrogens with zero attached hydrogens (tertiary/aromatic N) is 5. The van der Waals surface area contributed by atoms with Gasteiger partial charge < -0.3 is 19.9 Å². The third-order valence-corrected chi connectivity index (χ3v) is 9.53. The summed E-state index contributed by atoms with van der Waals surface area (Å²) in [5, 5.41) is 5.21. The first-order valence-corrected chi connectivity index (χ1v) is 15.0. The SMILES string of the molecule is CN(C)[C@H]1CCN(CCC2CCc3c(sc4ncnc(Nc5ccc(OCc6ccccn6)c(Cl)c5)c34)C2)C1. The third kappa shape index (κ3) is 6.04. The number of pyridine rings is 1. The van der Waals surface area contributed by atoms with Gasteiger partial charge in [-0.15, -0.1) is 11.3 Å². The molecule has 1 N–H and O–H groups in total. The van der Waals surface area contributed by atoms with E-state index in [1.165, 1.54) is 49.3 Å². The molecule has 1 saturated heterocycles. The summed E-state index contributed by atoms with van der Waals surface area (Å²) in [6.07, 6.45) is 9.44. The average Bonchev–Trinajstić information content (AvgIpc) is 3.57. The number of halogens is 1. The smallest absolute Gasteiger partial charge is 0.142 e. The van der Waals surface area contributed by atoms with Crippen molar-refractivity contribution in [1.82, 2.24) is 24.8 Å². The topological polar surface area (TPSA) is 66.4 Å². The predicted octanol–water partition coefficient (Wildman–Crippen LogP) is 6.19. The van der Waals surface area contributed by atoms with Gasteiger partial charge in [-0.25, -0.2) is 9.97 Å². The molecule has 0 bridgehead atoms. The molecule has 0 radical (unpaired) electrons. The van der Waals surface area contributed by atoms with Crippen LogP contribution >= 0.6 is 22.9 Å². The van der Waals surface area contributed by atoms with Crippen molar-refractivity contribution in [1.29, 1.82) is 0 Å². The van der Waals surface area contributed by atoms with Crippen LogP contribution in [0, 0.1) is 5.92 Å². The minimum absolute atomic E-state index is 0.372. The van der Waals surface area contributed by atoms with Gasteiger partial charge in [-0.2, -0.15) is 0 Å². The molecule has 39 heavy (non-hydrogen) atoms. The summed E-state index contributed by atoms with van der Waals surface area (Å²) < 4.78 is 5.89. The van der Waals surface area contributed by atoms with E-state index in [0.29, 0.717) is 23.4 Å². The van der Waals surface area contributed by atoms with E-state index in [9.17, 15) is 0 Å². The van der Waals surface area contributed by atoms with Gasteiger partial charge in [-0.3, -0.25) is 4.98 Å². The van der Waals surface area contributed by atoms with Crippen LogP contribution in [-0.4, -0.2) is 64.5 Å². The molecule has 9 heteroatoms. The summed E-state index contributed by atoms with van der Waals surface area (Å²) in [5.41, 5.74) is 3.16. The third-order valence-electron chi connectivity index (χ3n) is 8.08. The van der Waals surface area contributed by atoms with E-state index in [-0.39, 0.29) is 0 Å². The Morgan fingerprint density at radius 3 is 2.87 bits per heavy atom. The largest absolute Gasteiger partial charge is 0.486 e. The lowest BCUT2D eigenvalue weighted by molar-refractivity contribution is 0.252. The fourth-order valence-corrected chi connectivity index (χ4v) is 7.33. The second-order valence-corrected chi connectivity index (χ2v) is 12.4. The maximum Gasteiger partial charge on any atom is 0.142 e. The van der Waals surface area contributed by atoms with E-state index in [4.69, 9.17) is 16.3 Å². The molecule has 4 aromatic rings. The molecule has 1 aliphatic heterocycles. The van der Waals surface area contributed by atoms with Gasteiger partial charge >= 0.3 is 0 Å². The average molecular weight is 563 g/mol. The lowest BCUT2D eigenvalue weighted by Crippen LogP contribution is -2.32. The van der Waals surface area contributed by atoms with Crippen molar-refractivity contribution in [2.75, 3.05) is 39.0 Å². The minimum Gasteiger partial charge on any atom is -0.486 e. The van der Waals surface area contributed by atoms with E-state index >= 15 is 0 Å². The number of anilines is 2. The van der Waals surface area contributed by atoms with Crippen molar-refractivity contribution in [3.8, 4) is 5.75 Å². The monoisotopic (exact) mass is 562 g/mol. The highest BCUT2D eigenvalue weighted by Gasteiger charge is 2.28. The van der Waals surface area contributed by atoms with Crippen LogP contribution in [0.25, 0.3) is 10.2 Å². The highest BCUT2D eigenvalue weighted by Crippen LogP contribution is 2.41. The quantitative estimate of drug-likeness (QED) is 0.261. The Bertz CT molecular complexity index is 1430. The molecule has 1 aliphatic carbocycles. The van der Waals surface area contributed by atoms with E-state index in [2.05, 4.69) is 44.2 Å². The van der Waals surface area contributed by atoms with Gasteiger partial charge in [0.1, 0.15) is 29.3 Å². The molecule has 1 unspecified atom stereocenters. The molecule has 0 amide bonds. The summed E-state index contributed by atoms with van der Waals surface area (Å²) in [6, 6.07) is 12.2. The van der Waals surface area contributed by atoms with Crippen LogP contribution in [-0.2, 0) is 19.4 Å². The zero-order valence-corrected chi connectivity index (χ0v) is 24.1. The van der Waals surface area contributed by atoms with Crippen LogP contribution in [0.1, 0.15) is 35.4 Å². The Balaban J connectivity index is 1.12. The van der Waals surface area contributed by atoms with Crippen molar-refractivity contribution >= 4 is 44.7 Å². The number of ether oxygens (including phenoxy) is 1. The molecule has 3 aromatic heterocycles. The second kappa shape index (κ2) is 11.8. The van der Waals surface area contributed by atoms with Crippen molar-refractivity contribution in [3.63, 3.8) is 0 Å². The molecular weight excluding hydrogens is 528 g/mol. The van der Waals surface area contributed by atoms with Crippen molar-refractivity contribution in [3.05, 3.63) is 70.1 Å². The molecule has 1 fully saturated rings. The fourth-order valence-electron chi connectivity index (χ4n) is 5.79. The summed E-state index contributed by atoms with van der Waals surface area (Å²) in [5.74, 6) is 2.22. The van der Waals surface area contributed by atoms with Gasteiger partial charge in [0, 0.05) is 29.3 Å². The van der Waals surface area contributed by atoms with Crippen molar-refractivity contribution < 1.29 is 4.74 Å². The molecule has 0 spiro atoms. The molecule has 6 rings (SSSR count). The number of fused-ring (bicyclic) bond motifs is 3. The molecular formula is C30H35ClN6OS. The number of likely N-dealkylation sites (tertiary alicyclic amines) is 1. The zero-order valence-electron chi connectivity index (χ0n) is 22.6. The van der Waals surface area contributed by atoms with Gasteiger partial charge in [-0.1, -0.05) is 17.7 Å². The summed E-state index contributed by atoms with van der Waals surface area (Å²) >= 11 is 8.41. The number of thiophene rings is 1. The first-order chi connectivity index (χ1) is 19.0. The Morgan fingerprint density at radius 2 is 2.08 bits per heavy atom. The van der Waals surface area contributed by atoms with Crippen LogP contribution in [0.3, 0.4) is 0 Å². The number of hydrogen-bond donors (Lipinski definition) is 1. The number of hydrogen-bond acceptors (Lipinski definition) is 8. The van der Waals surface area contributed by atoms with E-state index in [1.807, 2.05) is 47.7 Å². The number of likely N-dealkylation sites (N-methyl/N-ethyl adjacent to an activating group) is 1. The number of aromatic nitrogens is 3. The van der Waals surface area contributed by atoms with Gasteiger partial charge in [-0.05, 0) is 101 Å². The number of nitrogens with one attached hydrogen (secondary N) is 1. The molecule has 0 saturated carbocycles. The lowest BCUT2D eigenvalue weighted by atomic mass is 9.85. The maximum absolute atomic E-state index is 6.57. The Kier molecular flexibility index (Phi) is 7.97. The van der Waals surface area contributed by atoms with Crippen LogP contribution in [0.4, 0.5) is 11.5 Å². The van der Waals surface area contributed by atoms with Gasteiger partial charge in [0.25, 0.3) is 0 Å². The van der Waals surface area contributed by atoms with Gasteiger partial charge in [0.2, 0.25) is 0 Å². The van der Waals surface area contributed by atoms with Crippen LogP contribution in [0.15, 0.2) is 48.9 Å². The second-order valence-electron chi connectivity index (χ2n) is 10.9. The van der Waals surface area contributed by atoms with Crippen LogP contribution in [0.2, 0.25) is 5.02 Å². The lowest BCUT2D eigenvalue weighted by Gasteiger charge is -2.25. The van der Waals surface area contributed by atoms with Gasteiger partial charge in [0.05, 0.1) is 16.1 Å². The standard InChI is InChI=1S/C30H35ClN6OS/c1-36(2)23-11-14-37(17-23)13-10-20-6-8-24-27(15-20)39-30-28(24)29(33-19-34-30)35-21-7-9-26(25(31)16-21)38-18-22-5-3-4-12-32-22/h3-5,7,9,12,16,19-20,23H,6,8,10-11,13-15,17-18H2,1-2H3,(H,33,34,35)/t20?,23-/m0/s1. The van der Waals surface area contributed by atoms with Crippen molar-refractivity contribution in [2.24, 2.45) is 5.92 Å². The molecule has 4 heterocycles. The van der Waals surface area contributed by atoms with E-state index in [0.717, 1.165) is 46.2 Å². The molecule has 7 nitrogen and oxygen atoms in total. The molecule has 2 aliphatic rings. The first kappa shape index (κ1) is 26.4. The first-order valence-electron chi connectivity index (χ1n) is 13.8. The Morgan fingerprint density at radius 1 is 1.15 bits per heavy atom. The Labute approximate surface area is 239 Å². The zero-order chi connectivity index (χ0) is 26.8.